The molecule has 0 spiro atoms. The highest BCUT2D eigenvalue weighted by Gasteiger charge is 2.23. The molecular weight excluding hydrogens is 358 g/mol. The van der Waals surface area contributed by atoms with Crippen LogP contribution in [0.5, 0.6) is 5.75 Å². The third-order valence-corrected chi connectivity index (χ3v) is 5.41. The van der Waals surface area contributed by atoms with Gasteiger partial charge in [-0.3, -0.25) is 9.47 Å². The first-order chi connectivity index (χ1) is 13.1. The van der Waals surface area contributed by atoms with Crippen LogP contribution in [0.2, 0.25) is 0 Å². The van der Waals surface area contributed by atoms with Crippen LogP contribution in [0.25, 0.3) is 16.7 Å². The van der Waals surface area contributed by atoms with E-state index in [-0.39, 0.29) is 12.2 Å². The Kier molecular flexibility index (Phi) is 5.04. The van der Waals surface area contributed by atoms with Crippen molar-refractivity contribution in [2.75, 3.05) is 20.2 Å². The molecule has 1 fully saturated rings. The Morgan fingerprint density at radius 3 is 2.26 bits per heavy atom. The summed E-state index contributed by atoms with van der Waals surface area (Å²) < 4.78 is 16.3. The molecule has 1 aromatic heterocycles. The maximum absolute atomic E-state index is 5.90. The number of nitrogens with zero attached hydrogens (tertiary/aromatic N) is 3. The molecule has 0 bridgehead atoms. The second kappa shape index (κ2) is 7.46. The fourth-order valence-corrected chi connectivity index (χ4v) is 4.29. The van der Waals surface area contributed by atoms with Crippen molar-refractivity contribution >= 4 is 23.3 Å². The minimum atomic E-state index is 0.234. The number of methoxy groups -OCH3 is 1. The predicted octanol–water partition coefficient (Wildman–Crippen LogP) is 4.24. The lowest BCUT2D eigenvalue weighted by molar-refractivity contribution is -0.0763. The van der Waals surface area contributed by atoms with Crippen molar-refractivity contribution in [1.29, 1.82) is 0 Å². The fourth-order valence-electron chi connectivity index (χ4n) is 3.93. The van der Waals surface area contributed by atoms with Gasteiger partial charge in [-0.1, -0.05) is 12.1 Å². The van der Waals surface area contributed by atoms with Crippen molar-refractivity contribution in [3.8, 4) is 11.4 Å². The number of morpholine rings is 1. The van der Waals surface area contributed by atoms with E-state index in [4.69, 9.17) is 21.7 Å². The molecule has 5 nitrogen and oxygen atoms in total. The molecule has 1 aliphatic heterocycles. The quantitative estimate of drug-likeness (QED) is 0.631. The Balaban J connectivity index is 1.77. The van der Waals surface area contributed by atoms with Crippen molar-refractivity contribution in [3.05, 3.63) is 53.3 Å². The van der Waals surface area contributed by atoms with E-state index in [0.29, 0.717) is 0 Å². The molecule has 142 valence electrons. The molecule has 2 aromatic carbocycles. The molecule has 4 rings (SSSR count). The van der Waals surface area contributed by atoms with Crippen molar-refractivity contribution in [2.24, 2.45) is 0 Å². The summed E-state index contributed by atoms with van der Waals surface area (Å²) in [5.41, 5.74) is 3.30. The molecule has 0 amide bonds. The van der Waals surface area contributed by atoms with Gasteiger partial charge in [-0.2, -0.15) is 0 Å². The standard InChI is InChI=1S/C21H25N3O2S/c1-15-12-22(13-16(2)26-15)14-23-19-6-4-5-7-20(19)24(21(23)27)17-8-10-18(25-3)11-9-17/h4-11,15-16H,12-14H2,1-3H3/t15-,16+. The number of rotatable bonds is 4. The normalized spacial score (nSPS) is 20.9. The van der Waals surface area contributed by atoms with E-state index in [1.807, 2.05) is 24.3 Å². The fraction of sp³-hybridized carbons (Fsp3) is 0.381. The molecule has 1 saturated heterocycles. The largest absolute Gasteiger partial charge is 0.497 e. The van der Waals surface area contributed by atoms with Crippen molar-refractivity contribution in [3.63, 3.8) is 0 Å². The zero-order chi connectivity index (χ0) is 19.0. The predicted molar refractivity (Wildman–Crippen MR) is 110 cm³/mol. The van der Waals surface area contributed by atoms with Crippen LogP contribution in [0.3, 0.4) is 0 Å². The summed E-state index contributed by atoms with van der Waals surface area (Å²) in [6, 6.07) is 16.4. The van der Waals surface area contributed by atoms with Gasteiger partial charge in [0, 0.05) is 18.8 Å². The summed E-state index contributed by atoms with van der Waals surface area (Å²) in [6.07, 6.45) is 0.468. The SMILES string of the molecule is COc1ccc(-n2c(=S)n(CN3C[C@@H](C)O[C@@H](C)C3)c3ccccc32)cc1. The van der Waals surface area contributed by atoms with Gasteiger partial charge in [0.1, 0.15) is 5.75 Å². The topological polar surface area (TPSA) is 31.6 Å². The van der Waals surface area contributed by atoms with Crippen LogP contribution < -0.4 is 4.74 Å². The molecule has 0 aliphatic carbocycles. The van der Waals surface area contributed by atoms with Gasteiger partial charge in [0.05, 0.1) is 37.0 Å². The molecule has 0 saturated carbocycles. The first kappa shape index (κ1) is 18.2. The number of aromatic nitrogens is 2. The molecule has 1 aliphatic rings. The van der Waals surface area contributed by atoms with E-state index in [1.165, 1.54) is 0 Å². The lowest BCUT2D eigenvalue weighted by Crippen LogP contribution is -2.45. The minimum Gasteiger partial charge on any atom is -0.497 e. The minimum absolute atomic E-state index is 0.234. The van der Waals surface area contributed by atoms with E-state index >= 15 is 0 Å². The summed E-state index contributed by atoms with van der Waals surface area (Å²) in [5.74, 6) is 0.838. The monoisotopic (exact) mass is 383 g/mol. The molecule has 2 heterocycles. The van der Waals surface area contributed by atoms with Gasteiger partial charge in [-0.15, -0.1) is 0 Å². The zero-order valence-corrected chi connectivity index (χ0v) is 16.8. The Morgan fingerprint density at radius 2 is 1.63 bits per heavy atom. The highest BCUT2D eigenvalue weighted by atomic mass is 32.1. The van der Waals surface area contributed by atoms with Crippen molar-refractivity contribution in [2.45, 2.75) is 32.7 Å². The van der Waals surface area contributed by atoms with E-state index in [0.717, 1.165) is 47.0 Å². The number of fused-ring (bicyclic) bond motifs is 1. The first-order valence-corrected chi connectivity index (χ1v) is 9.70. The highest BCUT2D eigenvalue weighted by molar-refractivity contribution is 7.71. The van der Waals surface area contributed by atoms with E-state index in [9.17, 15) is 0 Å². The van der Waals surface area contributed by atoms with E-state index in [2.05, 4.69) is 52.1 Å². The van der Waals surface area contributed by atoms with Gasteiger partial charge >= 0.3 is 0 Å². The second-order valence-corrected chi connectivity index (χ2v) is 7.53. The number of imidazole rings is 1. The average molecular weight is 384 g/mol. The van der Waals surface area contributed by atoms with Crippen LogP contribution in [0.4, 0.5) is 0 Å². The molecule has 3 aromatic rings. The molecule has 2 atom stereocenters. The van der Waals surface area contributed by atoms with Crippen LogP contribution in [0, 0.1) is 4.77 Å². The third-order valence-electron chi connectivity index (χ3n) is 5.00. The molecule has 6 heteroatoms. The van der Waals surface area contributed by atoms with Gasteiger partial charge < -0.3 is 14.0 Å². The van der Waals surface area contributed by atoms with Crippen molar-refractivity contribution in [1.82, 2.24) is 14.0 Å². The molecule has 0 unspecified atom stereocenters. The highest BCUT2D eigenvalue weighted by Crippen LogP contribution is 2.25. The Morgan fingerprint density at radius 1 is 1.00 bits per heavy atom. The Labute approximate surface area is 164 Å². The number of benzene rings is 2. The number of para-hydroxylation sites is 2. The zero-order valence-electron chi connectivity index (χ0n) is 16.0. The lowest BCUT2D eigenvalue weighted by atomic mass is 10.2. The third kappa shape index (κ3) is 3.52. The summed E-state index contributed by atoms with van der Waals surface area (Å²) in [7, 11) is 1.68. The van der Waals surface area contributed by atoms with Crippen LogP contribution in [0.1, 0.15) is 13.8 Å². The number of hydrogen-bond acceptors (Lipinski definition) is 4. The van der Waals surface area contributed by atoms with Crippen LogP contribution in [-0.4, -0.2) is 46.4 Å². The summed E-state index contributed by atoms with van der Waals surface area (Å²) in [5, 5.41) is 0. The number of ether oxygens (including phenoxy) is 2. The first-order valence-electron chi connectivity index (χ1n) is 9.29. The molecule has 0 radical (unpaired) electrons. The van der Waals surface area contributed by atoms with Gasteiger partial charge in [-0.25, -0.2) is 0 Å². The summed E-state index contributed by atoms with van der Waals surface area (Å²) >= 11 is 5.90. The van der Waals surface area contributed by atoms with Gasteiger partial charge in [0.2, 0.25) is 0 Å². The smallest absolute Gasteiger partial charge is 0.186 e. The lowest BCUT2D eigenvalue weighted by Gasteiger charge is -2.35. The molecular formula is C21H25N3O2S. The van der Waals surface area contributed by atoms with Gasteiger partial charge in [-0.05, 0) is 62.5 Å². The summed E-state index contributed by atoms with van der Waals surface area (Å²) in [4.78, 5) is 2.42. The van der Waals surface area contributed by atoms with Gasteiger partial charge in [0.25, 0.3) is 0 Å². The number of hydrogen-bond donors (Lipinski definition) is 0. The van der Waals surface area contributed by atoms with Crippen LogP contribution in [-0.2, 0) is 11.4 Å². The Bertz CT molecular complexity index is 983. The van der Waals surface area contributed by atoms with Crippen LogP contribution in [0.15, 0.2) is 48.5 Å². The molecule has 0 N–H and O–H groups in total. The Hall–Kier alpha value is -2.15. The van der Waals surface area contributed by atoms with Gasteiger partial charge in [0.15, 0.2) is 4.77 Å². The maximum atomic E-state index is 5.90. The van der Waals surface area contributed by atoms with Crippen LogP contribution >= 0.6 is 12.2 Å². The van der Waals surface area contributed by atoms with Crippen molar-refractivity contribution < 1.29 is 9.47 Å². The average Bonchev–Trinajstić information content (AvgIpc) is 2.93. The van der Waals surface area contributed by atoms with E-state index in [1.54, 1.807) is 7.11 Å². The second-order valence-electron chi connectivity index (χ2n) is 7.17. The van der Waals surface area contributed by atoms with E-state index < -0.39 is 0 Å². The maximum Gasteiger partial charge on any atom is 0.186 e. The summed E-state index contributed by atoms with van der Waals surface area (Å²) in [6.45, 7) is 6.84. The molecule has 27 heavy (non-hydrogen) atoms.